The average Bonchev–Trinajstić information content (AvgIpc) is 3.18. The van der Waals surface area contributed by atoms with E-state index in [1.165, 1.54) is 36.5 Å². The number of methoxy groups -OCH3 is 2. The van der Waals surface area contributed by atoms with E-state index in [9.17, 15) is 9.59 Å². The molecule has 1 amide bonds. The number of rotatable bonds is 7. The summed E-state index contributed by atoms with van der Waals surface area (Å²) in [5.41, 5.74) is 5.92. The van der Waals surface area contributed by atoms with Gasteiger partial charge < -0.3 is 19.5 Å². The number of carbonyl (C=O) groups excluding carboxylic acids is 2. The third kappa shape index (κ3) is 4.75. The summed E-state index contributed by atoms with van der Waals surface area (Å²) in [6.07, 6.45) is 3.15. The van der Waals surface area contributed by atoms with Crippen molar-refractivity contribution in [3.63, 3.8) is 0 Å². The van der Waals surface area contributed by atoms with E-state index in [-0.39, 0.29) is 12.5 Å². The van der Waals surface area contributed by atoms with Crippen LogP contribution in [0.1, 0.15) is 33.0 Å². The lowest BCUT2D eigenvalue weighted by Gasteiger charge is -2.14. The van der Waals surface area contributed by atoms with Crippen molar-refractivity contribution in [3.05, 3.63) is 95.1 Å². The van der Waals surface area contributed by atoms with Crippen LogP contribution >= 0.6 is 0 Å². The molecule has 0 aromatic heterocycles. The molecule has 1 N–H and O–H groups in total. The topological polar surface area (TPSA) is 73.9 Å². The fourth-order valence-electron chi connectivity index (χ4n) is 4.08. The third-order valence-electron chi connectivity index (χ3n) is 5.65. The Kier molecular flexibility index (Phi) is 6.74. The van der Waals surface area contributed by atoms with Gasteiger partial charge in [-0.25, -0.2) is 9.59 Å². The zero-order chi connectivity index (χ0) is 23.2. The maximum Gasteiger partial charge on any atom is 0.407 e. The number of hydrogen-bond donors (Lipinski definition) is 1. The van der Waals surface area contributed by atoms with Gasteiger partial charge in [-0.05, 0) is 39.9 Å². The third-order valence-corrected chi connectivity index (χ3v) is 5.65. The fourth-order valence-corrected chi connectivity index (χ4v) is 4.08. The molecule has 0 radical (unpaired) electrons. The van der Waals surface area contributed by atoms with Crippen LogP contribution in [0.25, 0.3) is 17.2 Å². The minimum atomic E-state index is -0.472. The van der Waals surface area contributed by atoms with Crippen molar-refractivity contribution >= 4 is 18.1 Å². The molecule has 1 aliphatic carbocycles. The van der Waals surface area contributed by atoms with Crippen LogP contribution in [-0.4, -0.2) is 39.4 Å². The van der Waals surface area contributed by atoms with Crippen LogP contribution in [0.3, 0.4) is 0 Å². The Labute approximate surface area is 192 Å². The highest BCUT2D eigenvalue weighted by Gasteiger charge is 2.28. The van der Waals surface area contributed by atoms with E-state index < -0.39 is 12.1 Å². The Balaban J connectivity index is 1.32. The monoisotopic (exact) mass is 443 g/mol. The molecule has 0 saturated carbocycles. The van der Waals surface area contributed by atoms with Crippen LogP contribution < -0.4 is 10.1 Å². The van der Waals surface area contributed by atoms with Crippen molar-refractivity contribution in [1.29, 1.82) is 0 Å². The molecular weight excluding hydrogens is 418 g/mol. The standard InChI is InChI=1S/C27H25NO5/c1-31-25-16-18(13-14-23(25)26(29)32-2)8-7-15-28-27(30)33-17-24-21-11-5-3-9-19(21)20-10-4-6-12-22(20)24/h3-14,16,24H,15,17H2,1-2H3,(H,28,30). The van der Waals surface area contributed by atoms with E-state index in [1.807, 2.05) is 30.3 Å². The number of carbonyl (C=O) groups is 2. The summed E-state index contributed by atoms with van der Waals surface area (Å²) >= 11 is 0. The highest BCUT2D eigenvalue weighted by Crippen LogP contribution is 2.44. The molecule has 0 unspecified atom stereocenters. The van der Waals surface area contributed by atoms with E-state index in [1.54, 1.807) is 24.3 Å². The zero-order valence-electron chi connectivity index (χ0n) is 18.5. The van der Waals surface area contributed by atoms with Crippen LogP contribution in [0.15, 0.2) is 72.8 Å². The number of benzene rings is 3. The minimum absolute atomic E-state index is 0.0273. The first-order chi connectivity index (χ1) is 16.1. The van der Waals surface area contributed by atoms with Crippen LogP contribution in [0, 0.1) is 0 Å². The molecule has 3 aromatic carbocycles. The summed E-state index contributed by atoms with van der Waals surface area (Å²) in [5.74, 6) is -0.00715. The normalized spacial score (nSPS) is 12.2. The molecule has 6 nitrogen and oxygen atoms in total. The van der Waals surface area contributed by atoms with E-state index >= 15 is 0 Å². The molecule has 0 spiro atoms. The second-order valence-electron chi connectivity index (χ2n) is 7.56. The van der Waals surface area contributed by atoms with Gasteiger partial charge in [-0.3, -0.25) is 0 Å². The highest BCUT2D eigenvalue weighted by atomic mass is 16.5. The molecule has 0 fully saturated rings. The van der Waals surface area contributed by atoms with Gasteiger partial charge >= 0.3 is 12.1 Å². The maximum absolute atomic E-state index is 12.2. The SMILES string of the molecule is COC(=O)c1ccc(C=CCNC(=O)OCC2c3ccccc3-c3ccccc32)cc1OC. The van der Waals surface area contributed by atoms with Crippen molar-refractivity contribution in [2.24, 2.45) is 0 Å². The molecule has 0 heterocycles. The van der Waals surface area contributed by atoms with E-state index in [0.29, 0.717) is 17.9 Å². The lowest BCUT2D eigenvalue weighted by molar-refractivity contribution is 0.0597. The summed E-state index contributed by atoms with van der Waals surface area (Å²) < 4.78 is 15.5. The highest BCUT2D eigenvalue weighted by molar-refractivity contribution is 5.92. The second-order valence-corrected chi connectivity index (χ2v) is 7.56. The zero-order valence-corrected chi connectivity index (χ0v) is 18.5. The quantitative estimate of drug-likeness (QED) is 0.518. The van der Waals surface area contributed by atoms with Gasteiger partial charge in [0, 0.05) is 12.5 Å². The molecule has 168 valence electrons. The number of hydrogen-bond acceptors (Lipinski definition) is 5. The lowest BCUT2D eigenvalue weighted by Crippen LogP contribution is -2.26. The largest absolute Gasteiger partial charge is 0.496 e. The van der Waals surface area contributed by atoms with Crippen LogP contribution in [-0.2, 0) is 9.47 Å². The Morgan fingerprint density at radius 1 is 0.939 bits per heavy atom. The smallest absolute Gasteiger partial charge is 0.407 e. The molecule has 4 rings (SSSR count). The Hall–Kier alpha value is -4.06. The van der Waals surface area contributed by atoms with Gasteiger partial charge in [-0.2, -0.15) is 0 Å². The number of alkyl carbamates (subject to hydrolysis) is 1. The minimum Gasteiger partial charge on any atom is -0.496 e. The van der Waals surface area contributed by atoms with Gasteiger partial charge in [-0.15, -0.1) is 0 Å². The summed E-state index contributed by atoms with van der Waals surface area (Å²) in [6, 6.07) is 21.6. The first-order valence-corrected chi connectivity index (χ1v) is 10.6. The van der Waals surface area contributed by atoms with Crippen molar-refractivity contribution < 1.29 is 23.8 Å². The van der Waals surface area contributed by atoms with E-state index in [4.69, 9.17) is 14.2 Å². The predicted octanol–water partition coefficient (Wildman–Crippen LogP) is 5.03. The molecule has 0 atom stereocenters. The van der Waals surface area contributed by atoms with Crippen LogP contribution in [0.4, 0.5) is 4.79 Å². The van der Waals surface area contributed by atoms with Crippen LogP contribution in [0.5, 0.6) is 5.75 Å². The molecule has 6 heteroatoms. The van der Waals surface area contributed by atoms with E-state index in [0.717, 1.165) is 5.56 Å². The summed E-state index contributed by atoms with van der Waals surface area (Å²) in [5, 5.41) is 2.74. The number of fused-ring (bicyclic) bond motifs is 3. The van der Waals surface area contributed by atoms with Crippen molar-refractivity contribution in [1.82, 2.24) is 5.32 Å². The summed E-state index contributed by atoms with van der Waals surface area (Å²) in [4.78, 5) is 24.0. The number of ether oxygens (including phenoxy) is 3. The van der Waals surface area contributed by atoms with Gasteiger partial charge in [0.05, 0.1) is 14.2 Å². The molecule has 1 aliphatic rings. The molecule has 3 aromatic rings. The maximum atomic E-state index is 12.2. The fraction of sp³-hybridized carbons (Fsp3) is 0.185. The Bertz CT molecular complexity index is 1160. The van der Waals surface area contributed by atoms with Gasteiger partial charge in [0.1, 0.15) is 17.9 Å². The van der Waals surface area contributed by atoms with Crippen molar-refractivity contribution in [3.8, 4) is 16.9 Å². The Morgan fingerprint density at radius 3 is 2.24 bits per heavy atom. The molecule has 0 aliphatic heterocycles. The molecule has 33 heavy (non-hydrogen) atoms. The Morgan fingerprint density at radius 2 is 1.61 bits per heavy atom. The summed E-state index contributed by atoms with van der Waals surface area (Å²) in [6.45, 7) is 0.577. The second kappa shape index (κ2) is 10.0. The van der Waals surface area contributed by atoms with Gasteiger partial charge in [-0.1, -0.05) is 66.7 Å². The van der Waals surface area contributed by atoms with Gasteiger partial charge in [0.2, 0.25) is 0 Å². The van der Waals surface area contributed by atoms with Crippen molar-refractivity contribution in [2.75, 3.05) is 27.4 Å². The number of nitrogens with one attached hydrogen (secondary N) is 1. The van der Waals surface area contributed by atoms with Crippen molar-refractivity contribution in [2.45, 2.75) is 5.92 Å². The van der Waals surface area contributed by atoms with Crippen LogP contribution in [0.2, 0.25) is 0 Å². The van der Waals surface area contributed by atoms with E-state index in [2.05, 4.69) is 29.6 Å². The first kappa shape index (κ1) is 22.1. The predicted molar refractivity (Wildman–Crippen MR) is 126 cm³/mol. The average molecular weight is 443 g/mol. The van der Waals surface area contributed by atoms with Gasteiger partial charge in [0.25, 0.3) is 0 Å². The number of esters is 1. The van der Waals surface area contributed by atoms with Gasteiger partial charge in [0.15, 0.2) is 0 Å². The molecule has 0 bridgehead atoms. The summed E-state index contributed by atoms with van der Waals surface area (Å²) in [7, 11) is 2.82. The molecular formula is C27H25NO5. The number of amides is 1. The molecule has 0 saturated heterocycles. The lowest BCUT2D eigenvalue weighted by atomic mass is 9.98. The first-order valence-electron chi connectivity index (χ1n) is 10.6.